The molecule has 1 aromatic carbocycles. The molecule has 0 spiro atoms. The number of benzene rings is 1. The van der Waals surface area contributed by atoms with E-state index in [2.05, 4.69) is 0 Å². The molecule has 0 atom stereocenters. The normalized spacial score (nSPS) is 7.56. The third-order valence-corrected chi connectivity index (χ3v) is 0.892. The molecule has 0 aliphatic rings. The van der Waals surface area contributed by atoms with Gasteiger partial charge in [0.2, 0.25) is 0 Å². The van der Waals surface area contributed by atoms with Crippen molar-refractivity contribution in [3.05, 3.63) is 35.9 Å². The largest absolute Gasteiger partial charge is 0.376 e. The Labute approximate surface area is 67.7 Å². The van der Waals surface area contributed by atoms with Gasteiger partial charge in [-0.3, -0.25) is 0 Å². The van der Waals surface area contributed by atoms with Gasteiger partial charge in [0.25, 0.3) is 0 Å². The maximum atomic E-state index is 9.88. The average Bonchev–Trinajstić information content (AvgIpc) is 1.90. The van der Waals surface area contributed by atoms with E-state index < -0.39 is 0 Å². The van der Waals surface area contributed by atoms with Crippen molar-refractivity contribution in [1.82, 2.24) is 0 Å². The number of rotatable bonds is 1. The first-order chi connectivity index (χ1) is 3.93. The van der Waals surface area contributed by atoms with Gasteiger partial charge in [-0.1, -0.05) is 6.07 Å². The van der Waals surface area contributed by atoms with Crippen LogP contribution in [0.5, 0.6) is 0 Å². The van der Waals surface area contributed by atoms with Crippen LogP contribution in [0.3, 0.4) is 0 Å². The van der Waals surface area contributed by atoms with Gasteiger partial charge >= 0.3 is 0 Å². The fourth-order valence-corrected chi connectivity index (χ4v) is 0.506. The van der Waals surface area contributed by atoms with E-state index in [-0.39, 0.29) is 20.4 Å². The van der Waals surface area contributed by atoms with E-state index in [9.17, 15) is 4.79 Å². The van der Waals surface area contributed by atoms with Crippen LogP contribution in [0.2, 0.25) is 0 Å². The van der Waals surface area contributed by atoms with Crippen molar-refractivity contribution < 1.29 is 25.2 Å². The quantitative estimate of drug-likeness (QED) is 0.503. The molecule has 0 unspecified atom stereocenters. The summed E-state index contributed by atoms with van der Waals surface area (Å²) < 4.78 is 0. The summed E-state index contributed by atoms with van der Waals surface area (Å²) in [4.78, 5) is 9.88. The van der Waals surface area contributed by atoms with Crippen molar-refractivity contribution in [3.8, 4) is 0 Å². The number of hydrogen-bond donors (Lipinski definition) is 0. The Morgan fingerprint density at radius 3 is 2.00 bits per heavy atom. The fraction of sp³-hybridized carbons (Fsp3) is 0. The second kappa shape index (κ2) is 4.43. The van der Waals surface area contributed by atoms with E-state index in [4.69, 9.17) is 0 Å². The molecule has 0 aromatic heterocycles. The van der Waals surface area contributed by atoms with Crippen LogP contribution in [-0.4, -0.2) is 6.29 Å². The van der Waals surface area contributed by atoms with Crippen molar-refractivity contribution in [2.75, 3.05) is 0 Å². The van der Waals surface area contributed by atoms with Gasteiger partial charge < -0.3 is 4.79 Å². The molecule has 9 heavy (non-hydrogen) atoms. The molecule has 1 aromatic rings. The molecule has 0 bridgehead atoms. The van der Waals surface area contributed by atoms with Crippen LogP contribution < -0.4 is 0 Å². The third kappa shape index (κ3) is 2.55. The van der Waals surface area contributed by atoms with Crippen molar-refractivity contribution in [1.29, 1.82) is 0 Å². The monoisotopic (exact) mass is 211 g/mol. The summed E-state index contributed by atoms with van der Waals surface area (Å²) in [5.74, 6) is 0. The summed E-state index contributed by atoms with van der Waals surface area (Å²) in [7, 11) is 0. The molecule has 0 radical (unpaired) electrons. The van der Waals surface area contributed by atoms with Gasteiger partial charge in [0.05, 0.1) is 6.29 Å². The molecule has 0 fully saturated rings. The summed E-state index contributed by atoms with van der Waals surface area (Å²) in [6.45, 7) is 0. The molecular weight excluding hydrogens is 206 g/mol. The Morgan fingerprint density at radius 1 is 1.11 bits per heavy atom. The van der Waals surface area contributed by atoms with Crippen LogP contribution in [0, 0.1) is 0 Å². The zero-order chi connectivity index (χ0) is 5.82. The minimum atomic E-state index is 0. The van der Waals surface area contributed by atoms with Gasteiger partial charge in [0.15, 0.2) is 0 Å². The third-order valence-electron chi connectivity index (χ3n) is 0.892. The standard InChI is InChI=1S/C7H5O.Pd/c8-6-7-4-2-1-3-5-7;/h1-5H;/q-1;. The van der Waals surface area contributed by atoms with E-state index in [1.54, 1.807) is 30.6 Å². The van der Waals surface area contributed by atoms with Gasteiger partial charge in [-0.25, -0.2) is 0 Å². The predicted octanol–water partition coefficient (Wildman–Crippen LogP) is 1.14. The Hall–Kier alpha value is -0.448. The molecule has 1 nitrogen and oxygen atoms in total. The maximum absolute atomic E-state index is 9.88. The first-order valence-electron chi connectivity index (χ1n) is 2.36. The zero-order valence-corrected chi connectivity index (χ0v) is 6.17. The zero-order valence-electron chi connectivity index (χ0n) is 4.61. The van der Waals surface area contributed by atoms with E-state index in [0.717, 1.165) is 0 Å². The number of hydrogen-bond acceptors (Lipinski definition) is 1. The van der Waals surface area contributed by atoms with Crippen molar-refractivity contribution in [3.63, 3.8) is 0 Å². The summed E-state index contributed by atoms with van der Waals surface area (Å²) >= 11 is 0. The molecule has 0 aliphatic carbocycles. The van der Waals surface area contributed by atoms with Crippen LogP contribution in [0.1, 0.15) is 5.56 Å². The molecule has 50 valence electrons. The topological polar surface area (TPSA) is 17.1 Å². The molecule has 2 heteroatoms. The molecule has 1 rings (SSSR count). The molecule has 0 saturated heterocycles. The predicted molar refractivity (Wildman–Crippen MR) is 31.2 cm³/mol. The minimum absolute atomic E-state index is 0. The van der Waals surface area contributed by atoms with Crippen molar-refractivity contribution >= 4 is 6.29 Å². The van der Waals surface area contributed by atoms with Crippen molar-refractivity contribution in [2.45, 2.75) is 0 Å². The van der Waals surface area contributed by atoms with Crippen LogP contribution in [0.15, 0.2) is 30.3 Å². The van der Waals surface area contributed by atoms with Crippen LogP contribution in [0.4, 0.5) is 0 Å². The fourth-order valence-electron chi connectivity index (χ4n) is 0.506. The Morgan fingerprint density at radius 2 is 1.67 bits per heavy atom. The Bertz CT molecular complexity index is 172. The Balaban J connectivity index is 0.000000640. The van der Waals surface area contributed by atoms with Gasteiger partial charge in [0, 0.05) is 20.4 Å². The van der Waals surface area contributed by atoms with Gasteiger partial charge in [-0.15, -0.1) is 12.1 Å². The molecule has 0 aliphatic heterocycles. The number of carbonyl (C=O) groups excluding carboxylic acids is 1. The molecule has 0 heterocycles. The van der Waals surface area contributed by atoms with Gasteiger partial charge in [-0.2, -0.15) is 17.7 Å². The van der Waals surface area contributed by atoms with Gasteiger partial charge in [0.1, 0.15) is 0 Å². The summed E-state index contributed by atoms with van der Waals surface area (Å²) in [5, 5.41) is 0. The van der Waals surface area contributed by atoms with E-state index in [1.807, 2.05) is 6.07 Å². The Kier molecular flexibility index (Phi) is 4.21. The maximum Gasteiger partial charge on any atom is 0.0627 e. The van der Waals surface area contributed by atoms with Gasteiger partial charge in [-0.05, 0) is 0 Å². The van der Waals surface area contributed by atoms with E-state index in [0.29, 0.717) is 5.56 Å². The second-order valence-electron chi connectivity index (χ2n) is 1.47. The minimum Gasteiger partial charge on any atom is -0.376 e. The van der Waals surface area contributed by atoms with Crippen LogP contribution in [-0.2, 0) is 25.2 Å². The van der Waals surface area contributed by atoms with Crippen LogP contribution >= 0.6 is 0 Å². The molecule has 0 amide bonds. The average molecular weight is 212 g/mol. The first kappa shape index (κ1) is 8.55. The summed E-state index contributed by atoms with van der Waals surface area (Å²) in [6.07, 6.45) is 1.78. The molecule has 0 N–H and O–H groups in total. The summed E-state index contributed by atoms with van der Waals surface area (Å²) in [5.41, 5.74) is 0.604. The second-order valence-corrected chi connectivity index (χ2v) is 1.47. The molecular formula is C7H5OPd-. The molecule has 0 saturated carbocycles. The van der Waals surface area contributed by atoms with Crippen LogP contribution in [0.25, 0.3) is 0 Å². The smallest absolute Gasteiger partial charge is 0.0627 e. The summed E-state index contributed by atoms with van der Waals surface area (Å²) in [6, 6.07) is 8.90. The van der Waals surface area contributed by atoms with E-state index >= 15 is 0 Å². The van der Waals surface area contributed by atoms with E-state index in [1.165, 1.54) is 0 Å². The first-order valence-corrected chi connectivity index (χ1v) is 2.36. The SMILES string of the molecule is O=[C-]c1ccccc1.[Pd]. The van der Waals surface area contributed by atoms with Crippen molar-refractivity contribution in [2.24, 2.45) is 0 Å².